The molecule has 0 spiro atoms. The van der Waals surface area contributed by atoms with Crippen molar-refractivity contribution in [2.75, 3.05) is 12.8 Å². The molecule has 1 aromatic carbocycles. The minimum Gasteiger partial charge on any atom is -0.494 e. The summed E-state index contributed by atoms with van der Waals surface area (Å²) in [6, 6.07) is 7.46. The molecule has 0 aliphatic rings. The largest absolute Gasteiger partial charge is 0.494 e. The van der Waals surface area contributed by atoms with Crippen LogP contribution < -0.4 is 10.5 Å². The van der Waals surface area contributed by atoms with Gasteiger partial charge in [0, 0.05) is 17.7 Å². The van der Waals surface area contributed by atoms with Crippen LogP contribution in [0.5, 0.6) is 5.75 Å². The van der Waals surface area contributed by atoms with Crippen molar-refractivity contribution in [1.82, 2.24) is 15.0 Å². The molecule has 0 saturated carbocycles. The Morgan fingerprint density at radius 1 is 1.21 bits per heavy atom. The first-order valence-corrected chi connectivity index (χ1v) is 8.63. The second kappa shape index (κ2) is 6.75. The Balaban J connectivity index is 2.26. The Bertz CT molecular complexity index is 879. The van der Waals surface area contributed by atoms with Gasteiger partial charge in [-0.2, -0.15) is 0 Å². The minimum absolute atomic E-state index is 0.206. The third kappa shape index (κ3) is 3.07. The van der Waals surface area contributed by atoms with E-state index in [0.29, 0.717) is 17.4 Å². The summed E-state index contributed by atoms with van der Waals surface area (Å²) in [4.78, 5) is 14.0. The molecule has 0 fully saturated rings. The molecular weight excluding hydrogens is 344 g/mol. The fraction of sp³-hybridized carbons (Fsp3) is 0.235. The maximum absolute atomic E-state index is 6.05. The van der Waals surface area contributed by atoms with E-state index in [9.17, 15) is 0 Å². The number of benzene rings is 1. The molecular formula is C17H17ClN4OS. The molecule has 0 saturated heterocycles. The van der Waals surface area contributed by atoms with Gasteiger partial charge < -0.3 is 10.5 Å². The van der Waals surface area contributed by atoms with Gasteiger partial charge in [-0.15, -0.1) is 11.3 Å². The van der Waals surface area contributed by atoms with Crippen LogP contribution in [0.15, 0.2) is 30.5 Å². The third-order valence-corrected chi connectivity index (χ3v) is 5.06. The zero-order chi connectivity index (χ0) is 17.3. The van der Waals surface area contributed by atoms with Crippen molar-refractivity contribution in [2.45, 2.75) is 19.8 Å². The van der Waals surface area contributed by atoms with E-state index >= 15 is 0 Å². The highest BCUT2D eigenvalue weighted by Gasteiger charge is 2.21. The van der Waals surface area contributed by atoms with Crippen LogP contribution in [0.1, 0.15) is 24.8 Å². The molecule has 2 N–H and O–H groups in total. The van der Waals surface area contributed by atoms with Crippen molar-refractivity contribution in [1.29, 1.82) is 0 Å². The van der Waals surface area contributed by atoms with Gasteiger partial charge in [-0.3, -0.25) is 0 Å². The maximum atomic E-state index is 6.05. The Labute approximate surface area is 149 Å². The number of anilines is 1. The first-order chi connectivity index (χ1) is 11.5. The van der Waals surface area contributed by atoms with Gasteiger partial charge in [0.1, 0.15) is 0 Å². The molecule has 7 heteroatoms. The highest BCUT2D eigenvalue weighted by Crippen LogP contribution is 2.43. The van der Waals surface area contributed by atoms with Gasteiger partial charge in [0.05, 0.1) is 34.1 Å². The van der Waals surface area contributed by atoms with E-state index in [4.69, 9.17) is 27.1 Å². The van der Waals surface area contributed by atoms with E-state index in [0.717, 1.165) is 26.8 Å². The number of aromatic nitrogens is 3. The van der Waals surface area contributed by atoms with Crippen LogP contribution in [-0.4, -0.2) is 22.1 Å². The lowest BCUT2D eigenvalue weighted by atomic mass is 10.1. The quantitative estimate of drug-likeness (QED) is 0.542. The Kier molecular flexibility index (Phi) is 4.69. The van der Waals surface area contributed by atoms with Gasteiger partial charge in [-0.05, 0) is 29.8 Å². The summed E-state index contributed by atoms with van der Waals surface area (Å²) in [6.07, 6.45) is 1.64. The standard InChI is InChI=1S/C17H17ClN4OS/c1-9(2)16-22-13(10-5-4-6-11(19)14(10)23-3)15(24-16)12-7-8-20-17(18)21-12/h4-9H,19H2,1-3H3. The number of nitrogens with zero attached hydrogens (tertiary/aromatic N) is 3. The first-order valence-electron chi connectivity index (χ1n) is 7.43. The number of rotatable bonds is 4. The predicted octanol–water partition coefficient (Wildman–Crippen LogP) is 4.63. The number of hydrogen-bond donors (Lipinski definition) is 1. The molecule has 5 nitrogen and oxygen atoms in total. The molecule has 124 valence electrons. The summed E-state index contributed by atoms with van der Waals surface area (Å²) in [5.74, 6) is 0.909. The van der Waals surface area contributed by atoms with Crippen LogP contribution in [0, 0.1) is 0 Å². The fourth-order valence-corrected chi connectivity index (χ4v) is 3.57. The van der Waals surface area contributed by atoms with Crippen molar-refractivity contribution in [2.24, 2.45) is 0 Å². The van der Waals surface area contributed by atoms with Crippen molar-refractivity contribution in [3.8, 4) is 27.6 Å². The van der Waals surface area contributed by atoms with Crippen molar-refractivity contribution in [3.63, 3.8) is 0 Å². The molecule has 0 unspecified atom stereocenters. The number of nitrogen functional groups attached to an aromatic ring is 1. The van der Waals surface area contributed by atoms with Crippen molar-refractivity contribution < 1.29 is 4.74 Å². The number of methoxy groups -OCH3 is 1. The predicted molar refractivity (Wildman–Crippen MR) is 98.6 cm³/mol. The lowest BCUT2D eigenvalue weighted by Gasteiger charge is -2.10. The van der Waals surface area contributed by atoms with E-state index < -0.39 is 0 Å². The molecule has 0 radical (unpaired) electrons. The van der Waals surface area contributed by atoms with Gasteiger partial charge in [-0.25, -0.2) is 15.0 Å². The molecule has 3 aromatic rings. The number of para-hydroxylation sites is 1. The lowest BCUT2D eigenvalue weighted by Crippen LogP contribution is -1.96. The van der Waals surface area contributed by atoms with Crippen LogP contribution in [0.4, 0.5) is 5.69 Å². The SMILES string of the molecule is COc1c(N)cccc1-c1nc(C(C)C)sc1-c1ccnc(Cl)n1. The number of nitrogens with two attached hydrogens (primary N) is 1. The molecule has 0 atom stereocenters. The van der Waals surface area contributed by atoms with Crippen LogP contribution in [0.3, 0.4) is 0 Å². The van der Waals surface area contributed by atoms with E-state index in [1.54, 1.807) is 30.7 Å². The van der Waals surface area contributed by atoms with Gasteiger partial charge in [0.25, 0.3) is 0 Å². The number of thiazole rings is 1. The zero-order valence-electron chi connectivity index (χ0n) is 13.6. The second-order valence-electron chi connectivity index (χ2n) is 5.52. The summed E-state index contributed by atoms with van der Waals surface area (Å²) in [7, 11) is 1.60. The molecule has 3 rings (SSSR count). The summed E-state index contributed by atoms with van der Waals surface area (Å²) >= 11 is 7.56. The molecule has 0 aliphatic carbocycles. The number of hydrogen-bond acceptors (Lipinski definition) is 6. The molecule has 0 amide bonds. The Morgan fingerprint density at radius 3 is 2.67 bits per heavy atom. The summed E-state index contributed by atoms with van der Waals surface area (Å²) < 4.78 is 5.50. The minimum atomic E-state index is 0.206. The maximum Gasteiger partial charge on any atom is 0.222 e. The van der Waals surface area contributed by atoms with Crippen LogP contribution in [-0.2, 0) is 0 Å². The molecule has 0 aliphatic heterocycles. The van der Waals surface area contributed by atoms with Crippen LogP contribution >= 0.6 is 22.9 Å². The van der Waals surface area contributed by atoms with Gasteiger partial charge >= 0.3 is 0 Å². The zero-order valence-corrected chi connectivity index (χ0v) is 15.1. The topological polar surface area (TPSA) is 73.9 Å². The van der Waals surface area contributed by atoms with Crippen LogP contribution in [0.25, 0.3) is 21.8 Å². The van der Waals surface area contributed by atoms with Crippen molar-refractivity contribution >= 4 is 28.6 Å². The van der Waals surface area contributed by atoms with E-state index in [1.165, 1.54) is 0 Å². The van der Waals surface area contributed by atoms with E-state index in [1.807, 2.05) is 18.2 Å². The van der Waals surface area contributed by atoms with Crippen LogP contribution in [0.2, 0.25) is 5.28 Å². The highest BCUT2D eigenvalue weighted by molar-refractivity contribution is 7.15. The van der Waals surface area contributed by atoms with E-state index in [-0.39, 0.29) is 5.28 Å². The Hall–Kier alpha value is -2.18. The van der Waals surface area contributed by atoms with E-state index in [2.05, 4.69) is 23.8 Å². The first kappa shape index (κ1) is 16.7. The molecule has 24 heavy (non-hydrogen) atoms. The summed E-state index contributed by atoms with van der Waals surface area (Å²) in [5.41, 5.74) is 8.99. The molecule has 2 heterocycles. The normalized spacial score (nSPS) is 11.0. The lowest BCUT2D eigenvalue weighted by molar-refractivity contribution is 0.418. The molecule has 0 bridgehead atoms. The fourth-order valence-electron chi connectivity index (χ4n) is 2.37. The monoisotopic (exact) mass is 360 g/mol. The number of ether oxygens (including phenoxy) is 1. The summed E-state index contributed by atoms with van der Waals surface area (Å²) in [6.45, 7) is 4.21. The average Bonchev–Trinajstić information content (AvgIpc) is 3.00. The highest BCUT2D eigenvalue weighted by atomic mass is 35.5. The van der Waals surface area contributed by atoms with Gasteiger partial charge in [0.2, 0.25) is 5.28 Å². The van der Waals surface area contributed by atoms with Gasteiger partial charge in [-0.1, -0.05) is 19.9 Å². The second-order valence-corrected chi connectivity index (χ2v) is 6.89. The van der Waals surface area contributed by atoms with Gasteiger partial charge in [0.15, 0.2) is 5.75 Å². The molecule has 2 aromatic heterocycles. The summed E-state index contributed by atoms with van der Waals surface area (Å²) in [5, 5.41) is 1.22. The smallest absolute Gasteiger partial charge is 0.222 e. The average molecular weight is 361 g/mol. The number of halogens is 1. The third-order valence-electron chi connectivity index (χ3n) is 3.50. The van der Waals surface area contributed by atoms with Crippen molar-refractivity contribution in [3.05, 3.63) is 40.8 Å². The Morgan fingerprint density at radius 2 is 2.00 bits per heavy atom.